The maximum Gasteiger partial charge on any atom is 0.328 e. The number of hydrogen-bond acceptors (Lipinski definition) is 4. The van der Waals surface area contributed by atoms with Crippen LogP contribution >= 0.6 is 11.8 Å². The highest BCUT2D eigenvalue weighted by Gasteiger charge is 2.21. The smallest absolute Gasteiger partial charge is 0.328 e. The van der Waals surface area contributed by atoms with E-state index in [9.17, 15) is 9.59 Å². The Balaban J connectivity index is 2.69. The Hall–Kier alpha value is -1.69. The number of nitrogens with one attached hydrogen (secondary N) is 2. The van der Waals surface area contributed by atoms with Gasteiger partial charge in [0.15, 0.2) is 0 Å². The lowest BCUT2D eigenvalue weighted by Crippen LogP contribution is -2.44. The number of thioether (sulfide) groups is 1. The Labute approximate surface area is 129 Å². The molecule has 1 atom stereocenters. The van der Waals surface area contributed by atoms with Crippen LogP contribution in [-0.4, -0.2) is 37.2 Å². The molecule has 0 aliphatic heterocycles. The Kier molecular flexibility index (Phi) is 7.08. The van der Waals surface area contributed by atoms with Crippen molar-refractivity contribution in [3.63, 3.8) is 0 Å². The van der Waals surface area contributed by atoms with Gasteiger partial charge < -0.3 is 15.4 Å². The van der Waals surface area contributed by atoms with Crippen LogP contribution in [0.2, 0.25) is 0 Å². The molecule has 0 fully saturated rings. The SMILES string of the molecule is COC(=O)[C@H](CCSC)NC(=O)Nc1cccc(C)c1C. The second-order valence-corrected chi connectivity index (χ2v) is 5.69. The van der Waals surface area contributed by atoms with Crippen molar-refractivity contribution in [1.29, 1.82) is 0 Å². The monoisotopic (exact) mass is 310 g/mol. The van der Waals surface area contributed by atoms with Gasteiger partial charge in [0.2, 0.25) is 0 Å². The maximum absolute atomic E-state index is 12.0. The fourth-order valence-electron chi connectivity index (χ4n) is 1.83. The molecule has 1 rings (SSSR count). The normalized spacial score (nSPS) is 11.6. The van der Waals surface area contributed by atoms with Crippen LogP contribution in [0.3, 0.4) is 0 Å². The van der Waals surface area contributed by atoms with Crippen molar-refractivity contribution in [2.45, 2.75) is 26.3 Å². The van der Waals surface area contributed by atoms with Crippen molar-refractivity contribution in [2.75, 3.05) is 24.4 Å². The Morgan fingerprint density at radius 3 is 2.67 bits per heavy atom. The van der Waals surface area contributed by atoms with Crippen LogP contribution in [0.25, 0.3) is 0 Å². The number of anilines is 1. The molecular formula is C15H22N2O3S. The highest BCUT2D eigenvalue weighted by molar-refractivity contribution is 7.98. The summed E-state index contributed by atoms with van der Waals surface area (Å²) in [6, 6.07) is 4.65. The molecule has 6 heteroatoms. The minimum absolute atomic E-state index is 0.403. The van der Waals surface area contributed by atoms with Gasteiger partial charge >= 0.3 is 12.0 Å². The van der Waals surface area contributed by atoms with Gasteiger partial charge in [0, 0.05) is 5.69 Å². The first kappa shape index (κ1) is 17.4. The number of aryl methyl sites for hydroxylation is 1. The fraction of sp³-hybridized carbons (Fsp3) is 0.467. The van der Waals surface area contributed by atoms with Crippen LogP contribution in [0.4, 0.5) is 10.5 Å². The van der Waals surface area contributed by atoms with Crippen LogP contribution in [0.1, 0.15) is 17.5 Å². The molecule has 0 aromatic heterocycles. The molecule has 0 spiro atoms. The third kappa shape index (κ3) is 5.30. The predicted octanol–water partition coefficient (Wildman–Crippen LogP) is 2.72. The summed E-state index contributed by atoms with van der Waals surface area (Å²) in [5, 5.41) is 5.43. The van der Waals surface area contributed by atoms with Crippen LogP contribution in [-0.2, 0) is 9.53 Å². The molecule has 5 nitrogen and oxygen atoms in total. The first-order valence-electron chi connectivity index (χ1n) is 6.70. The first-order chi connectivity index (χ1) is 9.99. The maximum atomic E-state index is 12.0. The summed E-state index contributed by atoms with van der Waals surface area (Å²) < 4.78 is 4.71. The Morgan fingerprint density at radius 1 is 1.33 bits per heavy atom. The molecule has 0 heterocycles. The van der Waals surface area contributed by atoms with E-state index in [1.54, 1.807) is 11.8 Å². The van der Waals surface area contributed by atoms with Crippen molar-refractivity contribution in [3.8, 4) is 0 Å². The highest BCUT2D eigenvalue weighted by Crippen LogP contribution is 2.17. The van der Waals surface area contributed by atoms with Crippen molar-refractivity contribution in [3.05, 3.63) is 29.3 Å². The predicted molar refractivity (Wildman–Crippen MR) is 86.9 cm³/mol. The van der Waals surface area contributed by atoms with Crippen molar-refractivity contribution < 1.29 is 14.3 Å². The zero-order valence-electron chi connectivity index (χ0n) is 12.9. The summed E-state index contributed by atoms with van der Waals surface area (Å²) in [6.45, 7) is 3.92. The Bertz CT molecular complexity index is 506. The van der Waals surface area contributed by atoms with Gasteiger partial charge in [-0.25, -0.2) is 9.59 Å². The van der Waals surface area contributed by atoms with Crippen molar-refractivity contribution >= 4 is 29.4 Å². The summed E-state index contributed by atoms with van der Waals surface area (Å²) >= 11 is 1.61. The number of hydrogen-bond donors (Lipinski definition) is 2. The molecule has 116 valence electrons. The van der Waals surface area contributed by atoms with Gasteiger partial charge in [-0.15, -0.1) is 0 Å². The van der Waals surface area contributed by atoms with Gasteiger partial charge in [-0.2, -0.15) is 11.8 Å². The molecule has 0 saturated carbocycles. The van der Waals surface area contributed by atoms with E-state index in [-0.39, 0.29) is 0 Å². The molecule has 1 aromatic rings. The van der Waals surface area contributed by atoms with Gasteiger partial charge in [0.05, 0.1) is 7.11 Å². The average Bonchev–Trinajstić information content (AvgIpc) is 2.47. The van der Waals surface area contributed by atoms with Crippen LogP contribution in [0.15, 0.2) is 18.2 Å². The topological polar surface area (TPSA) is 67.4 Å². The molecule has 2 N–H and O–H groups in total. The Morgan fingerprint density at radius 2 is 2.05 bits per heavy atom. The molecule has 0 aliphatic carbocycles. The second kappa shape index (κ2) is 8.56. The lowest BCUT2D eigenvalue weighted by molar-refractivity contribution is -0.142. The van der Waals surface area contributed by atoms with Crippen molar-refractivity contribution in [1.82, 2.24) is 5.32 Å². The minimum Gasteiger partial charge on any atom is -0.467 e. The van der Waals surface area contributed by atoms with Gasteiger partial charge in [-0.3, -0.25) is 0 Å². The number of carbonyl (C=O) groups excluding carboxylic acids is 2. The zero-order valence-corrected chi connectivity index (χ0v) is 13.7. The van der Waals surface area contributed by atoms with E-state index in [0.29, 0.717) is 6.42 Å². The van der Waals surface area contributed by atoms with E-state index >= 15 is 0 Å². The summed E-state index contributed by atoms with van der Waals surface area (Å²) in [6.07, 6.45) is 2.48. The first-order valence-corrected chi connectivity index (χ1v) is 8.09. The molecule has 0 unspecified atom stereocenters. The number of amides is 2. The van der Waals surface area contributed by atoms with Crippen LogP contribution < -0.4 is 10.6 Å². The molecule has 0 radical (unpaired) electrons. The summed E-state index contributed by atoms with van der Waals surface area (Å²) in [4.78, 5) is 23.7. The second-order valence-electron chi connectivity index (χ2n) is 4.70. The van der Waals surface area contributed by atoms with Gasteiger partial charge in [-0.1, -0.05) is 12.1 Å². The number of urea groups is 1. The molecular weight excluding hydrogens is 288 g/mol. The molecule has 1 aromatic carbocycles. The van der Waals surface area contributed by atoms with Crippen LogP contribution in [0.5, 0.6) is 0 Å². The van der Waals surface area contributed by atoms with Gasteiger partial charge in [0.25, 0.3) is 0 Å². The third-order valence-corrected chi connectivity index (χ3v) is 3.90. The lowest BCUT2D eigenvalue weighted by atomic mass is 10.1. The van der Waals surface area contributed by atoms with Gasteiger partial charge in [0.1, 0.15) is 6.04 Å². The number of carbonyl (C=O) groups is 2. The molecule has 0 aliphatic rings. The summed E-state index contributed by atoms with van der Waals surface area (Å²) in [5.41, 5.74) is 2.84. The standard InChI is InChI=1S/C15H22N2O3S/c1-10-6-5-7-12(11(10)2)16-15(19)17-13(8-9-21-4)14(18)20-3/h5-7,13H,8-9H2,1-4H3,(H2,16,17,19)/t13-/m0/s1. The zero-order chi connectivity index (χ0) is 15.8. The summed E-state index contributed by atoms with van der Waals surface area (Å²) in [5.74, 6) is 0.337. The van der Waals surface area contributed by atoms with Crippen molar-refractivity contribution in [2.24, 2.45) is 0 Å². The number of rotatable bonds is 6. The van der Waals surface area contributed by atoms with E-state index in [2.05, 4.69) is 10.6 Å². The number of methoxy groups -OCH3 is 1. The molecule has 0 saturated heterocycles. The van der Waals surface area contributed by atoms with E-state index < -0.39 is 18.0 Å². The number of ether oxygens (including phenoxy) is 1. The fourth-order valence-corrected chi connectivity index (χ4v) is 2.30. The van der Waals surface area contributed by atoms with Crippen LogP contribution in [0, 0.1) is 13.8 Å². The van der Waals surface area contributed by atoms with Gasteiger partial charge in [-0.05, 0) is 49.5 Å². The molecule has 2 amide bonds. The molecule has 21 heavy (non-hydrogen) atoms. The number of esters is 1. The molecule has 0 bridgehead atoms. The van der Waals surface area contributed by atoms with E-state index in [0.717, 1.165) is 22.6 Å². The van der Waals surface area contributed by atoms with E-state index in [4.69, 9.17) is 4.74 Å². The number of benzene rings is 1. The minimum atomic E-state index is -0.632. The van der Waals surface area contributed by atoms with E-state index in [1.807, 2.05) is 38.3 Å². The highest BCUT2D eigenvalue weighted by atomic mass is 32.2. The largest absolute Gasteiger partial charge is 0.467 e. The lowest BCUT2D eigenvalue weighted by Gasteiger charge is -2.17. The van der Waals surface area contributed by atoms with E-state index in [1.165, 1.54) is 7.11 Å². The quantitative estimate of drug-likeness (QED) is 0.793. The average molecular weight is 310 g/mol. The summed E-state index contributed by atoms with van der Waals surface area (Å²) in [7, 11) is 1.32. The third-order valence-electron chi connectivity index (χ3n) is 3.25.